The molecule has 30 heavy (non-hydrogen) atoms. The van der Waals surface area contributed by atoms with Gasteiger partial charge in [0.05, 0.1) is 16.5 Å². The Morgan fingerprint density at radius 3 is 2.10 bits per heavy atom. The van der Waals surface area contributed by atoms with Crippen LogP contribution in [0.4, 0.5) is 5.69 Å². The number of carbonyl (C=O) groups is 1. The first kappa shape index (κ1) is 19.7. The number of fused-ring (bicyclic) bond motifs is 1. The van der Waals surface area contributed by atoms with Crippen molar-refractivity contribution in [2.24, 2.45) is 0 Å². The summed E-state index contributed by atoms with van der Waals surface area (Å²) in [6, 6.07) is 21.0. The van der Waals surface area contributed by atoms with Gasteiger partial charge in [0.25, 0.3) is 0 Å². The summed E-state index contributed by atoms with van der Waals surface area (Å²) in [5, 5.41) is 8.46. The van der Waals surface area contributed by atoms with Gasteiger partial charge in [-0.15, -0.1) is 0 Å². The Balaban J connectivity index is 1.55. The van der Waals surface area contributed by atoms with Gasteiger partial charge in [-0.1, -0.05) is 48.2 Å². The standard InChI is InChI=1S/C24H19NO4S/c26-24(27)19-13-10-17(11-14-19)9-12-18-5-3-4-8-23(18)25-30(28,29)22-15-20-6-1-2-7-21(20)16-22/h1-8,10-11,13-14,22,25H,15-16H2,(H,26,27). The minimum Gasteiger partial charge on any atom is -0.478 e. The van der Waals surface area contributed by atoms with Crippen LogP contribution < -0.4 is 4.72 Å². The minimum absolute atomic E-state index is 0.186. The number of hydrogen-bond acceptors (Lipinski definition) is 3. The number of hydrogen-bond donors (Lipinski definition) is 2. The Morgan fingerprint density at radius 2 is 1.47 bits per heavy atom. The van der Waals surface area contributed by atoms with E-state index in [9.17, 15) is 13.2 Å². The van der Waals surface area contributed by atoms with Crippen LogP contribution in [-0.2, 0) is 22.9 Å². The van der Waals surface area contributed by atoms with Crippen molar-refractivity contribution < 1.29 is 18.3 Å². The largest absolute Gasteiger partial charge is 0.478 e. The van der Waals surface area contributed by atoms with Crippen molar-refractivity contribution in [1.29, 1.82) is 0 Å². The smallest absolute Gasteiger partial charge is 0.335 e. The predicted molar refractivity (Wildman–Crippen MR) is 116 cm³/mol. The fraction of sp³-hybridized carbons (Fsp3) is 0.125. The summed E-state index contributed by atoms with van der Waals surface area (Å²) in [6.07, 6.45) is 0.991. The zero-order valence-electron chi connectivity index (χ0n) is 16.0. The number of benzene rings is 3. The maximum Gasteiger partial charge on any atom is 0.335 e. The van der Waals surface area contributed by atoms with Crippen LogP contribution in [0, 0.1) is 11.8 Å². The van der Waals surface area contributed by atoms with Crippen LogP contribution in [0.15, 0.2) is 72.8 Å². The molecule has 0 atom stereocenters. The van der Waals surface area contributed by atoms with Crippen LogP contribution in [0.3, 0.4) is 0 Å². The first-order valence-electron chi connectivity index (χ1n) is 9.45. The maximum atomic E-state index is 13.0. The molecule has 3 aromatic carbocycles. The summed E-state index contributed by atoms with van der Waals surface area (Å²) in [7, 11) is -3.58. The fourth-order valence-corrected chi connectivity index (χ4v) is 4.94. The van der Waals surface area contributed by atoms with Gasteiger partial charge in [0.2, 0.25) is 10.0 Å². The van der Waals surface area contributed by atoms with Crippen LogP contribution >= 0.6 is 0 Å². The van der Waals surface area contributed by atoms with Crippen LogP contribution in [0.2, 0.25) is 0 Å². The number of sulfonamides is 1. The van der Waals surface area contributed by atoms with Gasteiger partial charge in [0.15, 0.2) is 0 Å². The number of rotatable bonds is 4. The highest BCUT2D eigenvalue weighted by Gasteiger charge is 2.32. The second-order valence-electron chi connectivity index (χ2n) is 7.12. The van der Waals surface area contributed by atoms with Gasteiger partial charge in [-0.2, -0.15) is 0 Å². The molecule has 5 nitrogen and oxygen atoms in total. The highest BCUT2D eigenvalue weighted by atomic mass is 32.2. The van der Waals surface area contributed by atoms with Crippen LogP contribution in [0.5, 0.6) is 0 Å². The summed E-state index contributed by atoms with van der Waals surface area (Å²) in [6.45, 7) is 0. The molecule has 0 aromatic heterocycles. The summed E-state index contributed by atoms with van der Waals surface area (Å²) >= 11 is 0. The monoisotopic (exact) mass is 417 g/mol. The minimum atomic E-state index is -3.58. The zero-order valence-corrected chi connectivity index (χ0v) is 16.8. The lowest BCUT2D eigenvalue weighted by Crippen LogP contribution is -2.28. The molecular formula is C24H19NO4S. The molecule has 0 bridgehead atoms. The highest BCUT2D eigenvalue weighted by Crippen LogP contribution is 2.28. The Hall–Kier alpha value is -3.56. The number of carboxylic acid groups (broad SMARTS) is 1. The van der Waals surface area contributed by atoms with E-state index < -0.39 is 21.2 Å². The van der Waals surface area contributed by atoms with E-state index in [4.69, 9.17) is 5.11 Å². The van der Waals surface area contributed by atoms with Crippen molar-refractivity contribution in [1.82, 2.24) is 0 Å². The Bertz CT molecular complexity index is 1240. The average Bonchev–Trinajstić information content (AvgIpc) is 3.19. The SMILES string of the molecule is O=C(O)c1ccc(C#Cc2ccccc2NS(=O)(=O)C2Cc3ccccc3C2)cc1. The van der Waals surface area contributed by atoms with Gasteiger partial charge < -0.3 is 5.11 Å². The van der Waals surface area contributed by atoms with Crippen molar-refractivity contribution in [3.8, 4) is 11.8 Å². The molecule has 0 saturated carbocycles. The second kappa shape index (κ2) is 8.05. The Kier molecular flexibility index (Phi) is 5.30. The van der Waals surface area contributed by atoms with E-state index in [2.05, 4.69) is 16.6 Å². The van der Waals surface area contributed by atoms with Crippen molar-refractivity contribution in [2.45, 2.75) is 18.1 Å². The quantitative estimate of drug-likeness (QED) is 0.634. The Morgan fingerprint density at radius 1 is 0.867 bits per heavy atom. The predicted octanol–water partition coefficient (Wildman–Crippen LogP) is 3.69. The number of carboxylic acids is 1. The van der Waals surface area contributed by atoms with Crippen molar-refractivity contribution in [3.63, 3.8) is 0 Å². The molecule has 1 aliphatic rings. The van der Waals surface area contributed by atoms with E-state index in [1.165, 1.54) is 12.1 Å². The zero-order chi connectivity index (χ0) is 21.1. The van der Waals surface area contributed by atoms with Gasteiger partial charge in [0, 0.05) is 11.1 Å². The van der Waals surface area contributed by atoms with Gasteiger partial charge in [-0.3, -0.25) is 4.72 Å². The maximum absolute atomic E-state index is 13.0. The molecule has 0 saturated heterocycles. The van der Waals surface area contributed by atoms with Crippen molar-refractivity contribution in [2.75, 3.05) is 4.72 Å². The van der Waals surface area contributed by atoms with Crippen molar-refractivity contribution in [3.05, 3.63) is 101 Å². The molecule has 0 spiro atoms. The third-order valence-electron chi connectivity index (χ3n) is 5.11. The number of aromatic carboxylic acids is 1. The molecule has 1 aliphatic carbocycles. The molecule has 0 unspecified atom stereocenters. The molecule has 2 N–H and O–H groups in total. The van der Waals surface area contributed by atoms with E-state index in [0.717, 1.165) is 11.1 Å². The van der Waals surface area contributed by atoms with E-state index >= 15 is 0 Å². The van der Waals surface area contributed by atoms with Crippen LogP contribution in [-0.4, -0.2) is 24.7 Å². The molecule has 4 rings (SSSR count). The van der Waals surface area contributed by atoms with Gasteiger partial charge >= 0.3 is 5.97 Å². The average molecular weight is 417 g/mol. The first-order chi connectivity index (χ1) is 14.4. The van der Waals surface area contributed by atoms with Gasteiger partial charge in [-0.25, -0.2) is 13.2 Å². The molecule has 6 heteroatoms. The third-order valence-corrected chi connectivity index (χ3v) is 6.82. The summed E-state index contributed by atoms with van der Waals surface area (Å²) in [5.41, 5.74) is 3.97. The van der Waals surface area contributed by atoms with E-state index in [-0.39, 0.29) is 5.56 Å². The Labute approximate surface area is 175 Å². The molecule has 0 radical (unpaired) electrons. The third kappa shape index (κ3) is 4.22. The molecular weight excluding hydrogens is 398 g/mol. The van der Waals surface area contributed by atoms with Crippen LogP contribution in [0.1, 0.15) is 32.6 Å². The van der Waals surface area contributed by atoms with Gasteiger partial charge in [0.1, 0.15) is 0 Å². The van der Waals surface area contributed by atoms with E-state index in [1.54, 1.807) is 36.4 Å². The fourth-order valence-electron chi connectivity index (χ4n) is 3.49. The first-order valence-corrected chi connectivity index (χ1v) is 11.0. The second-order valence-corrected chi connectivity index (χ2v) is 9.08. The molecule has 3 aromatic rings. The lowest BCUT2D eigenvalue weighted by Gasteiger charge is -2.14. The number of para-hydroxylation sites is 1. The summed E-state index contributed by atoms with van der Waals surface area (Å²) in [4.78, 5) is 10.9. The molecule has 0 fully saturated rings. The number of anilines is 1. The van der Waals surface area contributed by atoms with E-state index in [1.807, 2.05) is 24.3 Å². The topological polar surface area (TPSA) is 83.5 Å². The molecule has 0 aliphatic heterocycles. The summed E-state index contributed by atoms with van der Waals surface area (Å²) in [5.74, 6) is 4.95. The van der Waals surface area contributed by atoms with Crippen LogP contribution in [0.25, 0.3) is 0 Å². The number of nitrogens with one attached hydrogen (secondary N) is 1. The molecule has 150 valence electrons. The molecule has 0 amide bonds. The summed E-state index contributed by atoms with van der Waals surface area (Å²) < 4.78 is 28.7. The lowest BCUT2D eigenvalue weighted by atomic mass is 10.1. The normalized spacial score (nSPS) is 13.2. The lowest BCUT2D eigenvalue weighted by molar-refractivity contribution is 0.0697. The van der Waals surface area contributed by atoms with Crippen molar-refractivity contribution >= 4 is 21.7 Å². The molecule has 0 heterocycles. The van der Waals surface area contributed by atoms with E-state index in [0.29, 0.717) is 29.7 Å². The van der Waals surface area contributed by atoms with Gasteiger partial charge in [-0.05, 0) is 60.4 Å². The highest BCUT2D eigenvalue weighted by molar-refractivity contribution is 7.93.